The van der Waals surface area contributed by atoms with Gasteiger partial charge in [0.1, 0.15) is 0 Å². The molecule has 0 aliphatic heterocycles. The fourth-order valence-corrected chi connectivity index (χ4v) is 1.94. The van der Waals surface area contributed by atoms with E-state index in [0.29, 0.717) is 5.56 Å². The third-order valence-corrected chi connectivity index (χ3v) is 3.06. The van der Waals surface area contributed by atoms with E-state index in [2.05, 4.69) is 5.32 Å². The Morgan fingerprint density at radius 1 is 1.45 bits per heavy atom. The number of carbonyl (C=O) groups is 2. The molecule has 106 valence electrons. The number of carboxylic acids is 1. The number of nitrogens with one attached hydrogen (secondary N) is 1. The summed E-state index contributed by atoms with van der Waals surface area (Å²) in [6, 6.07) is 7.27. The first-order valence-electron chi connectivity index (χ1n) is 6.08. The maximum absolute atomic E-state index is 12.2. The van der Waals surface area contributed by atoms with Crippen molar-refractivity contribution in [1.29, 1.82) is 0 Å². The summed E-state index contributed by atoms with van der Waals surface area (Å²) >= 11 is 0. The minimum absolute atomic E-state index is 0.110. The molecule has 0 spiro atoms. The van der Waals surface area contributed by atoms with Gasteiger partial charge in [-0.2, -0.15) is 0 Å². The van der Waals surface area contributed by atoms with Crippen LogP contribution in [0.2, 0.25) is 0 Å². The predicted molar refractivity (Wildman–Crippen MR) is 72.8 cm³/mol. The Bertz CT molecular complexity index is 616. The maximum Gasteiger partial charge on any atom is 0.331 e. The molecule has 2 rings (SSSR count). The molecule has 0 radical (unpaired) electrons. The normalized spacial score (nSPS) is 13.9. The molecule has 1 amide bonds. The summed E-state index contributed by atoms with van der Waals surface area (Å²) < 4.78 is 6.66. The lowest BCUT2D eigenvalue weighted by Gasteiger charge is -2.24. The molecule has 0 bridgehead atoms. The molecule has 0 aliphatic carbocycles. The number of methoxy groups -OCH3 is 1. The molecule has 20 heavy (non-hydrogen) atoms. The molecule has 0 fully saturated rings. The highest BCUT2D eigenvalue weighted by Crippen LogP contribution is 2.12. The molecule has 6 heteroatoms. The van der Waals surface area contributed by atoms with Gasteiger partial charge in [0.2, 0.25) is 0 Å². The number of rotatable bonds is 5. The second-order valence-electron chi connectivity index (χ2n) is 4.79. The third kappa shape index (κ3) is 2.65. The summed E-state index contributed by atoms with van der Waals surface area (Å²) in [6.07, 6.45) is 3.47. The van der Waals surface area contributed by atoms with E-state index in [-0.39, 0.29) is 6.61 Å². The van der Waals surface area contributed by atoms with Crippen LogP contribution in [0.15, 0.2) is 36.7 Å². The number of aromatic nitrogens is 1. The van der Waals surface area contributed by atoms with E-state index in [1.807, 2.05) is 24.4 Å². The number of aliphatic carboxylic acids is 1. The summed E-state index contributed by atoms with van der Waals surface area (Å²) in [4.78, 5) is 23.4. The van der Waals surface area contributed by atoms with Crippen molar-refractivity contribution in [2.75, 3.05) is 13.7 Å². The summed E-state index contributed by atoms with van der Waals surface area (Å²) in [6.45, 7) is 1.30. The highest BCUT2D eigenvalue weighted by atomic mass is 16.5. The summed E-state index contributed by atoms with van der Waals surface area (Å²) in [5.74, 6) is -1.59. The molecule has 2 aromatic heterocycles. The minimum Gasteiger partial charge on any atom is -0.479 e. The van der Waals surface area contributed by atoms with Crippen LogP contribution >= 0.6 is 0 Å². The molecule has 6 nitrogen and oxygen atoms in total. The highest BCUT2D eigenvalue weighted by molar-refractivity contribution is 5.98. The first kappa shape index (κ1) is 14.1. The van der Waals surface area contributed by atoms with Gasteiger partial charge in [-0.3, -0.25) is 4.79 Å². The van der Waals surface area contributed by atoms with Crippen LogP contribution in [0.4, 0.5) is 0 Å². The van der Waals surface area contributed by atoms with E-state index < -0.39 is 17.4 Å². The lowest BCUT2D eigenvalue weighted by atomic mass is 10.0. The fraction of sp³-hybridized carbons (Fsp3) is 0.286. The minimum atomic E-state index is -1.46. The van der Waals surface area contributed by atoms with Crippen molar-refractivity contribution in [3.05, 3.63) is 42.2 Å². The number of fused-ring (bicyclic) bond motifs is 1. The average Bonchev–Trinajstić information content (AvgIpc) is 2.82. The SMILES string of the molecule is COCC(C)(NC(=O)c1cc2ccccn2c1)C(=O)O. The lowest BCUT2D eigenvalue weighted by Crippen LogP contribution is -2.55. The zero-order valence-electron chi connectivity index (χ0n) is 11.3. The van der Waals surface area contributed by atoms with E-state index in [1.54, 1.807) is 16.7 Å². The van der Waals surface area contributed by atoms with Crippen LogP contribution < -0.4 is 5.32 Å². The van der Waals surface area contributed by atoms with Crippen LogP contribution in [0.25, 0.3) is 5.52 Å². The van der Waals surface area contributed by atoms with Crippen molar-refractivity contribution < 1.29 is 19.4 Å². The van der Waals surface area contributed by atoms with E-state index >= 15 is 0 Å². The molecule has 2 heterocycles. The Morgan fingerprint density at radius 2 is 2.20 bits per heavy atom. The van der Waals surface area contributed by atoms with E-state index in [9.17, 15) is 14.7 Å². The Kier molecular flexibility index (Phi) is 3.76. The Morgan fingerprint density at radius 3 is 2.80 bits per heavy atom. The molecule has 2 N–H and O–H groups in total. The number of hydrogen-bond donors (Lipinski definition) is 2. The summed E-state index contributed by atoms with van der Waals surface area (Å²) in [5.41, 5.74) is -0.193. The summed E-state index contributed by atoms with van der Waals surface area (Å²) in [5, 5.41) is 11.7. The number of carboxylic acid groups (broad SMARTS) is 1. The number of amides is 1. The molecular weight excluding hydrogens is 260 g/mol. The van der Waals surface area contributed by atoms with Crippen LogP contribution in [0.3, 0.4) is 0 Å². The van der Waals surface area contributed by atoms with Crippen molar-refractivity contribution in [2.45, 2.75) is 12.5 Å². The van der Waals surface area contributed by atoms with Gasteiger partial charge in [0.25, 0.3) is 5.91 Å². The zero-order valence-corrected chi connectivity index (χ0v) is 11.3. The largest absolute Gasteiger partial charge is 0.479 e. The van der Waals surface area contributed by atoms with Gasteiger partial charge in [-0.05, 0) is 25.1 Å². The van der Waals surface area contributed by atoms with Crippen LogP contribution in [-0.4, -0.2) is 40.6 Å². The third-order valence-electron chi connectivity index (χ3n) is 3.06. The smallest absolute Gasteiger partial charge is 0.331 e. The van der Waals surface area contributed by atoms with Crippen molar-refractivity contribution in [1.82, 2.24) is 9.72 Å². The van der Waals surface area contributed by atoms with Crippen molar-refractivity contribution in [3.8, 4) is 0 Å². The number of hydrogen-bond acceptors (Lipinski definition) is 3. The predicted octanol–water partition coefficient (Wildman–Crippen LogP) is 1.16. The van der Waals surface area contributed by atoms with Gasteiger partial charge in [0.05, 0.1) is 12.2 Å². The molecule has 0 aliphatic rings. The Labute approximate surface area is 116 Å². The van der Waals surface area contributed by atoms with Crippen molar-refractivity contribution in [3.63, 3.8) is 0 Å². The molecular formula is C14H16N2O4. The molecule has 0 saturated heterocycles. The topological polar surface area (TPSA) is 80.0 Å². The summed E-state index contributed by atoms with van der Waals surface area (Å²) in [7, 11) is 1.39. The van der Waals surface area contributed by atoms with Gasteiger partial charge >= 0.3 is 5.97 Å². The van der Waals surface area contributed by atoms with Gasteiger partial charge in [-0.25, -0.2) is 4.79 Å². The van der Waals surface area contributed by atoms with Gasteiger partial charge in [0.15, 0.2) is 5.54 Å². The van der Waals surface area contributed by atoms with Crippen molar-refractivity contribution in [2.24, 2.45) is 0 Å². The van der Waals surface area contributed by atoms with Gasteiger partial charge in [-0.1, -0.05) is 6.07 Å². The number of nitrogens with zero attached hydrogens (tertiary/aromatic N) is 1. The van der Waals surface area contributed by atoms with E-state index in [4.69, 9.17) is 4.74 Å². The maximum atomic E-state index is 12.2. The van der Waals surface area contributed by atoms with Crippen LogP contribution in [-0.2, 0) is 9.53 Å². The molecule has 2 aromatic rings. The van der Waals surface area contributed by atoms with Gasteiger partial charge in [0, 0.05) is 25.0 Å². The quantitative estimate of drug-likeness (QED) is 0.858. The van der Waals surface area contributed by atoms with Crippen LogP contribution in [0.5, 0.6) is 0 Å². The Hall–Kier alpha value is -2.34. The molecule has 1 unspecified atom stereocenters. The number of carbonyl (C=O) groups excluding carboxylic acids is 1. The second-order valence-corrected chi connectivity index (χ2v) is 4.79. The standard InChI is InChI=1S/C14H16N2O4/c1-14(9-20-2,13(18)19)15-12(17)10-7-11-5-3-4-6-16(11)8-10/h3-8H,9H2,1-2H3,(H,15,17)(H,18,19). The average molecular weight is 276 g/mol. The number of ether oxygens (including phenoxy) is 1. The lowest BCUT2D eigenvalue weighted by molar-refractivity contribution is -0.145. The van der Waals surface area contributed by atoms with E-state index in [1.165, 1.54) is 14.0 Å². The van der Waals surface area contributed by atoms with Gasteiger partial charge in [-0.15, -0.1) is 0 Å². The molecule has 1 atom stereocenters. The van der Waals surface area contributed by atoms with Crippen molar-refractivity contribution >= 4 is 17.4 Å². The number of pyridine rings is 1. The zero-order chi connectivity index (χ0) is 14.8. The monoisotopic (exact) mass is 276 g/mol. The Balaban J connectivity index is 2.24. The highest BCUT2D eigenvalue weighted by Gasteiger charge is 2.35. The second kappa shape index (κ2) is 5.34. The first-order valence-corrected chi connectivity index (χ1v) is 6.08. The molecule has 0 saturated carbocycles. The van der Waals surface area contributed by atoms with Crippen LogP contribution in [0.1, 0.15) is 17.3 Å². The molecule has 0 aromatic carbocycles. The van der Waals surface area contributed by atoms with E-state index in [0.717, 1.165) is 5.52 Å². The van der Waals surface area contributed by atoms with Gasteiger partial charge < -0.3 is 19.6 Å². The van der Waals surface area contributed by atoms with Crippen LogP contribution in [0, 0.1) is 0 Å². The first-order chi connectivity index (χ1) is 9.46. The fourth-order valence-electron chi connectivity index (χ4n) is 1.94.